The number of likely N-dealkylation sites (N-methyl/N-ethyl adjacent to an activating group) is 1. The third-order valence-corrected chi connectivity index (χ3v) is 2.87. The molecule has 0 aromatic carbocycles. The molecule has 2 amide bonds. The summed E-state index contributed by atoms with van der Waals surface area (Å²) < 4.78 is 9.42. The second-order valence-electron chi connectivity index (χ2n) is 4.74. The van der Waals surface area contributed by atoms with Crippen molar-refractivity contribution in [3.63, 3.8) is 0 Å². The average Bonchev–Trinajstić information content (AvgIpc) is 2.44. The minimum atomic E-state index is -0.657. The van der Waals surface area contributed by atoms with Gasteiger partial charge in [0.15, 0.2) is 0 Å². The number of amides is 2. The molecule has 7 heteroatoms. The fraction of sp³-hybridized carbons (Fsp3) is 0.643. The monoisotopic (exact) mass is 300 g/mol. The van der Waals surface area contributed by atoms with E-state index in [9.17, 15) is 14.4 Å². The van der Waals surface area contributed by atoms with Crippen molar-refractivity contribution in [1.82, 2.24) is 10.2 Å². The van der Waals surface area contributed by atoms with Gasteiger partial charge in [-0.2, -0.15) is 0 Å². The van der Waals surface area contributed by atoms with Crippen molar-refractivity contribution < 1.29 is 23.9 Å². The van der Waals surface area contributed by atoms with Crippen LogP contribution in [0.1, 0.15) is 20.8 Å². The number of hydrogen-bond donors (Lipinski definition) is 1. The molecule has 1 atom stereocenters. The fourth-order valence-corrected chi connectivity index (χ4v) is 1.60. The van der Waals surface area contributed by atoms with E-state index in [2.05, 4.69) is 10.1 Å². The molecule has 0 aliphatic heterocycles. The van der Waals surface area contributed by atoms with E-state index in [1.165, 1.54) is 12.0 Å². The van der Waals surface area contributed by atoms with Crippen LogP contribution in [0.5, 0.6) is 0 Å². The maximum Gasteiger partial charge on any atom is 0.331 e. The summed E-state index contributed by atoms with van der Waals surface area (Å²) in [5, 5.41) is 2.69. The number of nitrogens with one attached hydrogen (secondary N) is 1. The number of ether oxygens (including phenoxy) is 2. The van der Waals surface area contributed by atoms with Gasteiger partial charge >= 0.3 is 18.0 Å². The SMILES string of the molecule is CCNC(=O)N(C)[C@H](COC(=O)/C=C/C(=O)OC)C(C)C. The highest BCUT2D eigenvalue weighted by atomic mass is 16.5. The average molecular weight is 300 g/mol. The first-order valence-electron chi connectivity index (χ1n) is 6.76. The predicted octanol–water partition coefficient (Wildman–Crippen LogP) is 0.945. The van der Waals surface area contributed by atoms with Crippen molar-refractivity contribution in [3.8, 4) is 0 Å². The number of esters is 2. The van der Waals surface area contributed by atoms with E-state index in [0.29, 0.717) is 6.54 Å². The summed E-state index contributed by atoms with van der Waals surface area (Å²) >= 11 is 0. The van der Waals surface area contributed by atoms with Crippen molar-refractivity contribution in [2.75, 3.05) is 27.3 Å². The molecule has 0 unspecified atom stereocenters. The van der Waals surface area contributed by atoms with Gasteiger partial charge in [-0.3, -0.25) is 0 Å². The van der Waals surface area contributed by atoms with Crippen LogP contribution < -0.4 is 5.32 Å². The van der Waals surface area contributed by atoms with E-state index >= 15 is 0 Å². The van der Waals surface area contributed by atoms with Gasteiger partial charge in [-0.05, 0) is 12.8 Å². The van der Waals surface area contributed by atoms with Gasteiger partial charge in [0.1, 0.15) is 6.61 Å². The molecule has 0 heterocycles. The van der Waals surface area contributed by atoms with Crippen LogP contribution in [0, 0.1) is 5.92 Å². The molecule has 7 nitrogen and oxygen atoms in total. The van der Waals surface area contributed by atoms with Crippen molar-refractivity contribution in [2.45, 2.75) is 26.8 Å². The molecular formula is C14H24N2O5. The molecule has 0 aliphatic rings. The Morgan fingerprint density at radius 1 is 1.19 bits per heavy atom. The number of nitrogens with zero attached hydrogens (tertiary/aromatic N) is 1. The molecule has 21 heavy (non-hydrogen) atoms. The molecule has 0 radical (unpaired) electrons. The molecule has 0 aromatic heterocycles. The minimum Gasteiger partial charge on any atom is -0.466 e. The van der Waals surface area contributed by atoms with Crippen LogP contribution in [0.3, 0.4) is 0 Å². The number of carbonyl (C=O) groups excluding carboxylic acids is 3. The Kier molecular flexibility index (Phi) is 8.84. The van der Waals surface area contributed by atoms with E-state index in [1.54, 1.807) is 7.05 Å². The lowest BCUT2D eigenvalue weighted by Gasteiger charge is -2.30. The summed E-state index contributed by atoms with van der Waals surface area (Å²) in [5.41, 5.74) is 0. The van der Waals surface area contributed by atoms with Crippen molar-refractivity contribution >= 4 is 18.0 Å². The van der Waals surface area contributed by atoms with Gasteiger partial charge in [0.2, 0.25) is 0 Å². The third kappa shape index (κ3) is 7.34. The summed E-state index contributed by atoms with van der Waals surface area (Å²) in [5.74, 6) is -1.18. The molecule has 0 fully saturated rings. The smallest absolute Gasteiger partial charge is 0.331 e. The van der Waals surface area contributed by atoms with Crippen LogP contribution in [0.15, 0.2) is 12.2 Å². The van der Waals surface area contributed by atoms with Gasteiger partial charge in [0.25, 0.3) is 0 Å². The first kappa shape index (κ1) is 18.9. The molecule has 0 aromatic rings. The Morgan fingerprint density at radius 3 is 2.24 bits per heavy atom. The van der Waals surface area contributed by atoms with Gasteiger partial charge in [-0.25, -0.2) is 14.4 Å². The third-order valence-electron chi connectivity index (χ3n) is 2.87. The van der Waals surface area contributed by atoms with Crippen LogP contribution in [0.4, 0.5) is 4.79 Å². The van der Waals surface area contributed by atoms with Crippen LogP contribution in [0.2, 0.25) is 0 Å². The molecule has 0 rings (SSSR count). The normalized spacial score (nSPS) is 12.1. The highest BCUT2D eigenvalue weighted by Crippen LogP contribution is 2.10. The van der Waals surface area contributed by atoms with Crippen LogP contribution in [0.25, 0.3) is 0 Å². The summed E-state index contributed by atoms with van der Waals surface area (Å²) in [6, 6.07) is -0.482. The first-order valence-corrected chi connectivity index (χ1v) is 6.76. The zero-order chi connectivity index (χ0) is 16.4. The highest BCUT2D eigenvalue weighted by Gasteiger charge is 2.23. The lowest BCUT2D eigenvalue weighted by molar-refractivity contribution is -0.140. The van der Waals surface area contributed by atoms with E-state index < -0.39 is 11.9 Å². The van der Waals surface area contributed by atoms with Gasteiger partial charge in [0, 0.05) is 25.7 Å². The standard InChI is InChI=1S/C14H24N2O5/c1-6-15-14(19)16(4)11(10(2)3)9-21-13(18)8-7-12(17)20-5/h7-8,10-11H,6,9H2,1-5H3,(H,15,19)/b8-7+/t11-/m1/s1. The number of methoxy groups -OCH3 is 1. The number of carbonyl (C=O) groups is 3. The summed E-state index contributed by atoms with van der Waals surface area (Å²) in [4.78, 5) is 35.6. The molecule has 0 aliphatic carbocycles. The van der Waals surface area contributed by atoms with Crippen molar-refractivity contribution in [2.24, 2.45) is 5.92 Å². The van der Waals surface area contributed by atoms with Gasteiger partial charge in [-0.1, -0.05) is 13.8 Å². The zero-order valence-corrected chi connectivity index (χ0v) is 13.2. The topological polar surface area (TPSA) is 84.9 Å². The molecule has 0 bridgehead atoms. The van der Waals surface area contributed by atoms with Crippen LogP contribution >= 0.6 is 0 Å². The Labute approximate surface area is 125 Å². The molecule has 0 saturated heterocycles. The fourth-order valence-electron chi connectivity index (χ4n) is 1.60. The largest absolute Gasteiger partial charge is 0.466 e. The highest BCUT2D eigenvalue weighted by molar-refractivity contribution is 5.91. The Hall–Kier alpha value is -2.05. The van der Waals surface area contributed by atoms with Crippen molar-refractivity contribution in [1.29, 1.82) is 0 Å². The number of rotatable bonds is 7. The second kappa shape index (κ2) is 9.79. The lowest BCUT2D eigenvalue weighted by Crippen LogP contribution is -2.48. The van der Waals surface area contributed by atoms with E-state index in [4.69, 9.17) is 4.74 Å². The Morgan fingerprint density at radius 2 is 1.76 bits per heavy atom. The number of urea groups is 1. The maximum absolute atomic E-state index is 11.8. The van der Waals surface area contributed by atoms with Gasteiger partial charge < -0.3 is 19.7 Å². The zero-order valence-electron chi connectivity index (χ0n) is 13.2. The minimum absolute atomic E-state index is 0.0512. The second-order valence-corrected chi connectivity index (χ2v) is 4.74. The molecule has 120 valence electrons. The van der Waals surface area contributed by atoms with E-state index in [1.807, 2.05) is 20.8 Å². The molecule has 1 N–H and O–H groups in total. The Balaban J connectivity index is 4.52. The molecule has 0 saturated carbocycles. The summed E-state index contributed by atoms with van der Waals surface area (Å²) in [7, 11) is 2.86. The summed E-state index contributed by atoms with van der Waals surface area (Å²) in [6.07, 6.45) is 1.98. The maximum atomic E-state index is 11.8. The Bertz CT molecular complexity index is 393. The van der Waals surface area contributed by atoms with E-state index in [0.717, 1.165) is 12.2 Å². The first-order chi connectivity index (χ1) is 9.83. The van der Waals surface area contributed by atoms with Crippen LogP contribution in [-0.2, 0) is 19.1 Å². The summed E-state index contributed by atoms with van der Waals surface area (Å²) in [6.45, 7) is 6.26. The lowest BCUT2D eigenvalue weighted by atomic mass is 10.0. The predicted molar refractivity (Wildman–Crippen MR) is 77.6 cm³/mol. The van der Waals surface area contributed by atoms with Gasteiger partial charge in [0.05, 0.1) is 13.2 Å². The van der Waals surface area contributed by atoms with E-state index in [-0.39, 0.29) is 24.6 Å². The quantitative estimate of drug-likeness (QED) is 0.559. The molecular weight excluding hydrogens is 276 g/mol. The van der Waals surface area contributed by atoms with Crippen molar-refractivity contribution in [3.05, 3.63) is 12.2 Å². The van der Waals surface area contributed by atoms with Gasteiger partial charge in [-0.15, -0.1) is 0 Å². The number of hydrogen-bond acceptors (Lipinski definition) is 5. The van der Waals surface area contributed by atoms with Crippen LogP contribution in [-0.4, -0.2) is 56.2 Å². The molecule has 0 spiro atoms.